The molecule has 7 nitrogen and oxygen atoms in total. The van der Waals surface area contributed by atoms with Crippen LogP contribution in [0.25, 0.3) is 21.9 Å². The zero-order chi connectivity index (χ0) is 21.1. The molecule has 29 heavy (non-hydrogen) atoms. The maximum absolute atomic E-state index is 12.8. The molecule has 152 valence electrons. The van der Waals surface area contributed by atoms with E-state index in [9.17, 15) is 19.5 Å². The molecule has 8 heteroatoms. The molecular formula is C21H21NO6S. The molecule has 3 rings (SSSR count). The molecule has 0 aliphatic carbocycles. The number of carboxylic acid groups (broad SMARTS) is 1. The molecule has 0 atom stereocenters. The third-order valence-corrected chi connectivity index (χ3v) is 5.29. The first-order valence-electron chi connectivity index (χ1n) is 9.38. The van der Waals surface area contributed by atoms with Crippen molar-refractivity contribution >= 4 is 45.6 Å². The van der Waals surface area contributed by atoms with Crippen LogP contribution < -0.4 is 5.43 Å². The van der Waals surface area contributed by atoms with Crippen LogP contribution in [-0.4, -0.2) is 34.4 Å². The lowest BCUT2D eigenvalue weighted by Gasteiger charge is -2.13. The van der Waals surface area contributed by atoms with E-state index in [2.05, 4.69) is 4.98 Å². The number of aromatic carboxylic acids is 1. The number of hydrogen-bond donors (Lipinski definition) is 1. The summed E-state index contributed by atoms with van der Waals surface area (Å²) in [6.07, 6.45) is 1.23. The molecule has 0 spiro atoms. The topological polar surface area (TPSA) is 107 Å². The van der Waals surface area contributed by atoms with Crippen LogP contribution in [0.5, 0.6) is 0 Å². The smallest absolute Gasteiger partial charge is 0.374 e. The van der Waals surface area contributed by atoms with Crippen molar-refractivity contribution in [2.24, 2.45) is 0 Å². The summed E-state index contributed by atoms with van der Waals surface area (Å²) in [5.74, 6) is -1.30. The number of pyridine rings is 1. The molecule has 0 aliphatic heterocycles. The van der Waals surface area contributed by atoms with E-state index in [1.807, 2.05) is 13.8 Å². The summed E-state index contributed by atoms with van der Waals surface area (Å²) in [6.45, 7) is 5.74. The van der Waals surface area contributed by atoms with E-state index in [4.69, 9.17) is 9.15 Å². The van der Waals surface area contributed by atoms with Crippen LogP contribution in [0, 0.1) is 0 Å². The summed E-state index contributed by atoms with van der Waals surface area (Å²) in [4.78, 5) is 41.5. The molecule has 0 saturated heterocycles. The second-order valence-electron chi connectivity index (χ2n) is 6.32. The van der Waals surface area contributed by atoms with Crippen LogP contribution >= 0.6 is 11.8 Å². The molecule has 0 saturated carbocycles. The lowest BCUT2D eigenvalue weighted by Crippen LogP contribution is -2.11. The highest BCUT2D eigenvalue weighted by atomic mass is 32.2. The van der Waals surface area contributed by atoms with Gasteiger partial charge in [0, 0.05) is 21.9 Å². The molecule has 0 bridgehead atoms. The summed E-state index contributed by atoms with van der Waals surface area (Å²) >= 11 is 1.48. The van der Waals surface area contributed by atoms with Crippen LogP contribution in [0.4, 0.5) is 0 Å². The molecule has 0 unspecified atom stereocenters. The van der Waals surface area contributed by atoms with E-state index in [0.717, 1.165) is 23.1 Å². The fraction of sp³-hybridized carbons (Fsp3) is 0.333. The normalized spacial score (nSPS) is 11.1. The van der Waals surface area contributed by atoms with Gasteiger partial charge in [-0.1, -0.05) is 20.3 Å². The second kappa shape index (κ2) is 8.65. The Morgan fingerprint density at radius 3 is 2.55 bits per heavy atom. The van der Waals surface area contributed by atoms with Gasteiger partial charge in [0.2, 0.25) is 5.76 Å². The number of hydrogen-bond acceptors (Lipinski definition) is 7. The van der Waals surface area contributed by atoms with Crippen molar-refractivity contribution in [1.29, 1.82) is 0 Å². The van der Waals surface area contributed by atoms with Crippen LogP contribution in [0.1, 0.15) is 53.8 Å². The number of benzene rings is 1. The highest BCUT2D eigenvalue weighted by Crippen LogP contribution is 2.34. The number of aryl methyl sites for hydroxylation is 1. The largest absolute Gasteiger partial charge is 0.477 e. The van der Waals surface area contributed by atoms with Gasteiger partial charge in [-0.05, 0) is 31.2 Å². The van der Waals surface area contributed by atoms with Gasteiger partial charge in [-0.3, -0.25) is 4.79 Å². The van der Waals surface area contributed by atoms with Crippen LogP contribution in [-0.2, 0) is 11.2 Å². The van der Waals surface area contributed by atoms with Gasteiger partial charge < -0.3 is 14.3 Å². The quantitative estimate of drug-likeness (QED) is 0.346. The van der Waals surface area contributed by atoms with E-state index >= 15 is 0 Å². The van der Waals surface area contributed by atoms with Crippen molar-refractivity contribution < 1.29 is 23.8 Å². The lowest BCUT2D eigenvalue weighted by molar-refractivity contribution is 0.0490. The minimum atomic E-state index is -1.13. The number of carboxylic acids is 1. The van der Waals surface area contributed by atoms with Crippen LogP contribution in [0.3, 0.4) is 0 Å². The Morgan fingerprint density at radius 1 is 1.17 bits per heavy atom. The molecule has 2 heterocycles. The van der Waals surface area contributed by atoms with Gasteiger partial charge >= 0.3 is 11.9 Å². The Labute approximate surface area is 171 Å². The first-order chi connectivity index (χ1) is 13.9. The van der Waals surface area contributed by atoms with Gasteiger partial charge in [0.15, 0.2) is 5.43 Å². The predicted octanol–water partition coefficient (Wildman–Crippen LogP) is 4.28. The van der Waals surface area contributed by atoms with E-state index in [1.165, 1.54) is 17.8 Å². The van der Waals surface area contributed by atoms with Gasteiger partial charge in [0.25, 0.3) is 0 Å². The summed E-state index contributed by atoms with van der Waals surface area (Å²) in [5, 5.41) is 10.5. The Balaban J connectivity index is 2.45. The van der Waals surface area contributed by atoms with Gasteiger partial charge in [-0.25, -0.2) is 14.6 Å². The van der Waals surface area contributed by atoms with E-state index in [0.29, 0.717) is 28.3 Å². The van der Waals surface area contributed by atoms with Crippen molar-refractivity contribution in [3.05, 3.63) is 45.4 Å². The Morgan fingerprint density at radius 2 is 1.93 bits per heavy atom. The van der Waals surface area contributed by atoms with E-state index < -0.39 is 11.9 Å². The number of carbonyl (C=O) groups is 2. The predicted molar refractivity (Wildman–Crippen MR) is 111 cm³/mol. The minimum absolute atomic E-state index is 0.0750. The van der Waals surface area contributed by atoms with Crippen molar-refractivity contribution in [2.75, 3.05) is 12.4 Å². The number of rotatable bonds is 7. The van der Waals surface area contributed by atoms with Gasteiger partial charge in [0.1, 0.15) is 11.3 Å². The Bertz CT molecular complexity index is 1170. The summed E-state index contributed by atoms with van der Waals surface area (Å²) in [7, 11) is 0. The third kappa shape index (κ3) is 3.98. The number of aromatic nitrogens is 1. The zero-order valence-electron chi connectivity index (χ0n) is 16.4. The van der Waals surface area contributed by atoms with Crippen molar-refractivity contribution in [3.63, 3.8) is 0 Å². The summed E-state index contributed by atoms with van der Waals surface area (Å²) in [6, 6.07) is 4.32. The van der Waals surface area contributed by atoms with E-state index in [1.54, 1.807) is 13.0 Å². The zero-order valence-corrected chi connectivity index (χ0v) is 17.2. The average Bonchev–Trinajstić information content (AvgIpc) is 2.68. The maximum atomic E-state index is 12.8. The number of nitrogens with zero attached hydrogens (tertiary/aromatic N) is 1. The molecule has 1 N–H and O–H groups in total. The van der Waals surface area contributed by atoms with Crippen molar-refractivity contribution in [1.82, 2.24) is 4.98 Å². The standard InChI is InChI=1S/C21H21NO6S/c1-4-7-11-18-13(17(29-6-3)9-14(22-18)20(24)25)8-12-15(23)10-16(28-19(11)12)21(26)27-5-2/h8-10H,4-7H2,1-3H3,(H,24,25). The first kappa shape index (κ1) is 20.9. The fourth-order valence-electron chi connectivity index (χ4n) is 3.19. The highest BCUT2D eigenvalue weighted by Gasteiger charge is 2.21. The van der Waals surface area contributed by atoms with Gasteiger partial charge in [-0.15, -0.1) is 11.8 Å². The molecule has 3 aromatic rings. The van der Waals surface area contributed by atoms with E-state index in [-0.39, 0.29) is 29.1 Å². The number of ether oxygens (including phenoxy) is 1. The summed E-state index contributed by atoms with van der Waals surface area (Å²) < 4.78 is 10.7. The van der Waals surface area contributed by atoms with Crippen LogP contribution in [0.2, 0.25) is 0 Å². The van der Waals surface area contributed by atoms with Crippen molar-refractivity contribution in [2.45, 2.75) is 38.5 Å². The SMILES string of the molecule is CCCc1c2nc(C(=O)O)cc(SCC)c2cc2c(=O)cc(C(=O)OCC)oc12. The molecule has 0 fully saturated rings. The highest BCUT2D eigenvalue weighted by molar-refractivity contribution is 7.99. The van der Waals surface area contributed by atoms with Crippen LogP contribution in [0.15, 0.2) is 32.3 Å². The second-order valence-corrected chi connectivity index (χ2v) is 7.62. The number of carbonyl (C=O) groups excluding carboxylic acids is 1. The molecular weight excluding hydrogens is 394 g/mol. The van der Waals surface area contributed by atoms with Gasteiger partial charge in [-0.2, -0.15) is 0 Å². The monoisotopic (exact) mass is 415 g/mol. The fourth-order valence-corrected chi connectivity index (χ4v) is 4.00. The average molecular weight is 415 g/mol. The summed E-state index contributed by atoms with van der Waals surface area (Å²) in [5.41, 5.74) is 0.901. The third-order valence-electron chi connectivity index (χ3n) is 4.35. The van der Waals surface area contributed by atoms with Crippen molar-refractivity contribution in [3.8, 4) is 0 Å². The first-order valence-corrected chi connectivity index (χ1v) is 10.4. The Hall–Kier alpha value is -2.87. The lowest BCUT2D eigenvalue weighted by atomic mass is 10.0. The number of fused-ring (bicyclic) bond motifs is 2. The molecule has 2 aromatic heterocycles. The van der Waals surface area contributed by atoms with Gasteiger partial charge in [0.05, 0.1) is 17.5 Å². The molecule has 1 aromatic carbocycles. The molecule has 0 aliphatic rings. The molecule has 0 amide bonds. The number of thioether (sulfide) groups is 1. The Kier molecular flexibility index (Phi) is 6.22. The number of esters is 1. The minimum Gasteiger partial charge on any atom is -0.477 e. The molecule has 0 radical (unpaired) electrons. The maximum Gasteiger partial charge on any atom is 0.374 e.